The molecule has 188 valence electrons. The predicted octanol–water partition coefficient (Wildman–Crippen LogP) is -2.98. The van der Waals surface area contributed by atoms with Crippen molar-refractivity contribution in [3.05, 3.63) is 0 Å². The number of hydrogen-bond donors (Lipinski definition) is 8. The number of carboxylic acid groups (broad SMARTS) is 2. The normalized spacial score (nSPS) is 16.3. The maximum Gasteiger partial charge on any atom is 0.328 e. The smallest absolute Gasteiger partial charge is 0.328 e. The lowest BCUT2D eigenvalue weighted by atomic mass is 9.97. The molecule has 0 aromatic carbocycles. The summed E-state index contributed by atoms with van der Waals surface area (Å²) < 4.78 is 0. The van der Waals surface area contributed by atoms with Gasteiger partial charge in [-0.1, -0.05) is 20.3 Å². The van der Waals surface area contributed by atoms with Crippen molar-refractivity contribution in [2.75, 3.05) is 0 Å². The number of carbonyl (C=O) groups excluding carboxylic acids is 4. The quantitative estimate of drug-likeness (QED) is 0.119. The second-order valence-electron chi connectivity index (χ2n) is 7.71. The molecule has 0 aliphatic heterocycles. The van der Waals surface area contributed by atoms with Crippen molar-refractivity contribution in [2.45, 2.75) is 76.7 Å². The Bertz CT molecular complexity index is 743. The zero-order valence-electron chi connectivity index (χ0n) is 18.7. The van der Waals surface area contributed by atoms with E-state index in [-0.39, 0.29) is 12.8 Å². The molecule has 33 heavy (non-hydrogen) atoms. The minimum absolute atomic E-state index is 0.279. The van der Waals surface area contributed by atoms with Crippen LogP contribution in [0.1, 0.15) is 46.5 Å². The lowest BCUT2D eigenvalue weighted by Crippen LogP contribution is -2.59. The molecule has 0 heterocycles. The number of nitrogens with one attached hydrogen (secondary N) is 3. The number of rotatable bonds is 15. The molecule has 14 nitrogen and oxygen atoms in total. The number of nitrogens with two attached hydrogens (primary N) is 2. The average Bonchev–Trinajstić information content (AvgIpc) is 2.70. The van der Waals surface area contributed by atoms with Crippen molar-refractivity contribution in [3.8, 4) is 0 Å². The monoisotopic (exact) mass is 475 g/mol. The minimum atomic E-state index is -1.68. The van der Waals surface area contributed by atoms with E-state index in [1.165, 1.54) is 0 Å². The maximum absolute atomic E-state index is 12.9. The molecule has 0 radical (unpaired) electrons. The Morgan fingerprint density at radius 2 is 1.42 bits per heavy atom. The van der Waals surface area contributed by atoms with Gasteiger partial charge < -0.3 is 42.7 Å². The van der Waals surface area contributed by atoms with Crippen molar-refractivity contribution >= 4 is 35.6 Å². The third-order valence-electron chi connectivity index (χ3n) is 4.88. The Balaban J connectivity index is 5.63. The molecular weight excluding hydrogens is 442 g/mol. The van der Waals surface area contributed by atoms with E-state index in [1.54, 1.807) is 13.8 Å². The number of aliphatic carboxylic acids is 2. The molecule has 0 saturated heterocycles. The topological polar surface area (TPSA) is 251 Å². The summed E-state index contributed by atoms with van der Waals surface area (Å²) in [5, 5.41) is 34.3. The van der Waals surface area contributed by atoms with E-state index in [2.05, 4.69) is 16.0 Å². The van der Waals surface area contributed by atoms with Gasteiger partial charge in [0.2, 0.25) is 23.6 Å². The molecule has 10 N–H and O–H groups in total. The SMILES string of the molecule is CCC(C)C(NC(=O)C(N)CC(=O)O)C(=O)NC(CCC(N)=O)C(=O)NC(C(=O)O)C(C)O. The minimum Gasteiger partial charge on any atom is -0.481 e. The van der Waals surface area contributed by atoms with Crippen LogP contribution in [0, 0.1) is 5.92 Å². The molecule has 0 fully saturated rings. The molecule has 6 atom stereocenters. The molecular formula is C19H33N5O9. The van der Waals surface area contributed by atoms with Crippen LogP contribution in [0.3, 0.4) is 0 Å². The number of amides is 4. The molecule has 14 heteroatoms. The van der Waals surface area contributed by atoms with Crippen molar-refractivity contribution in [1.29, 1.82) is 0 Å². The maximum atomic E-state index is 12.9. The van der Waals surface area contributed by atoms with Crippen LogP contribution >= 0.6 is 0 Å². The van der Waals surface area contributed by atoms with Gasteiger partial charge in [-0.25, -0.2) is 4.79 Å². The summed E-state index contributed by atoms with van der Waals surface area (Å²) >= 11 is 0. The summed E-state index contributed by atoms with van der Waals surface area (Å²) in [5.74, 6) is -6.79. The third kappa shape index (κ3) is 10.7. The predicted molar refractivity (Wildman–Crippen MR) is 113 cm³/mol. The highest BCUT2D eigenvalue weighted by atomic mass is 16.4. The van der Waals surface area contributed by atoms with E-state index in [0.29, 0.717) is 6.42 Å². The second-order valence-corrected chi connectivity index (χ2v) is 7.71. The molecule has 0 aliphatic rings. The van der Waals surface area contributed by atoms with Gasteiger partial charge in [0.15, 0.2) is 6.04 Å². The van der Waals surface area contributed by atoms with Crippen LogP contribution < -0.4 is 27.4 Å². The molecule has 4 amide bonds. The van der Waals surface area contributed by atoms with Crippen LogP contribution in [-0.2, 0) is 28.8 Å². The van der Waals surface area contributed by atoms with Crippen LogP contribution in [0.25, 0.3) is 0 Å². The van der Waals surface area contributed by atoms with Gasteiger partial charge in [-0.15, -0.1) is 0 Å². The van der Waals surface area contributed by atoms with Crippen molar-refractivity contribution in [1.82, 2.24) is 16.0 Å². The van der Waals surface area contributed by atoms with Gasteiger partial charge in [0, 0.05) is 6.42 Å². The van der Waals surface area contributed by atoms with Gasteiger partial charge in [0.05, 0.1) is 18.6 Å². The van der Waals surface area contributed by atoms with E-state index in [1.807, 2.05) is 0 Å². The summed E-state index contributed by atoms with van der Waals surface area (Å²) in [6.07, 6.45) is -2.32. The largest absolute Gasteiger partial charge is 0.481 e. The van der Waals surface area contributed by atoms with E-state index in [0.717, 1.165) is 6.92 Å². The molecule has 0 bridgehead atoms. The number of carbonyl (C=O) groups is 6. The molecule has 6 unspecified atom stereocenters. The fourth-order valence-electron chi connectivity index (χ4n) is 2.70. The number of hydrogen-bond acceptors (Lipinski definition) is 8. The lowest BCUT2D eigenvalue weighted by molar-refractivity contribution is -0.145. The van der Waals surface area contributed by atoms with Gasteiger partial charge in [0.25, 0.3) is 0 Å². The first-order valence-corrected chi connectivity index (χ1v) is 10.3. The van der Waals surface area contributed by atoms with Gasteiger partial charge in [-0.2, -0.15) is 0 Å². The van der Waals surface area contributed by atoms with Crippen molar-refractivity contribution in [3.63, 3.8) is 0 Å². The van der Waals surface area contributed by atoms with E-state index in [4.69, 9.17) is 21.7 Å². The summed E-state index contributed by atoms with van der Waals surface area (Å²) in [5.41, 5.74) is 10.6. The second kappa shape index (κ2) is 14.0. The average molecular weight is 475 g/mol. The first-order chi connectivity index (χ1) is 15.2. The van der Waals surface area contributed by atoms with Gasteiger partial charge in [-0.3, -0.25) is 24.0 Å². The molecule has 0 aromatic rings. The molecule has 0 rings (SSSR count). The number of primary amides is 1. The molecule has 0 aromatic heterocycles. The first-order valence-electron chi connectivity index (χ1n) is 10.3. The summed E-state index contributed by atoms with van der Waals surface area (Å²) in [4.78, 5) is 70.9. The number of aliphatic hydroxyl groups is 1. The highest BCUT2D eigenvalue weighted by Gasteiger charge is 2.33. The molecule has 0 spiro atoms. The standard InChI is InChI=1S/C19H33N5O9/c1-4-8(2)14(23-16(29)10(20)7-13(27)28)18(31)22-11(5-6-12(21)26)17(30)24-15(9(3)25)19(32)33/h8-11,14-15,25H,4-7,20H2,1-3H3,(H2,21,26)(H,22,31)(H,23,29)(H,24,30)(H,27,28)(H,32,33). The van der Waals surface area contributed by atoms with Gasteiger partial charge in [-0.05, 0) is 19.3 Å². The van der Waals surface area contributed by atoms with Gasteiger partial charge in [0.1, 0.15) is 12.1 Å². The zero-order chi connectivity index (χ0) is 25.9. The Hall–Kier alpha value is -3.26. The number of carboxylic acids is 2. The highest BCUT2D eigenvalue weighted by Crippen LogP contribution is 2.10. The molecule has 0 saturated carbocycles. The fraction of sp³-hybridized carbons (Fsp3) is 0.684. The van der Waals surface area contributed by atoms with Crippen LogP contribution in [0.15, 0.2) is 0 Å². The lowest BCUT2D eigenvalue weighted by Gasteiger charge is -2.28. The van der Waals surface area contributed by atoms with E-state index < -0.39 is 78.2 Å². The van der Waals surface area contributed by atoms with Crippen LogP contribution in [0.4, 0.5) is 0 Å². The Morgan fingerprint density at radius 1 is 0.879 bits per heavy atom. The summed E-state index contributed by atoms with van der Waals surface area (Å²) in [6.45, 7) is 4.50. The van der Waals surface area contributed by atoms with Crippen LogP contribution in [0.5, 0.6) is 0 Å². The Morgan fingerprint density at radius 3 is 1.85 bits per heavy atom. The summed E-state index contributed by atoms with van der Waals surface area (Å²) in [6, 6.07) is -5.72. The fourth-order valence-corrected chi connectivity index (χ4v) is 2.70. The van der Waals surface area contributed by atoms with Crippen molar-refractivity contribution < 1.29 is 44.1 Å². The van der Waals surface area contributed by atoms with Crippen molar-refractivity contribution in [2.24, 2.45) is 17.4 Å². The first kappa shape index (κ1) is 29.7. The molecule has 0 aliphatic carbocycles. The summed E-state index contributed by atoms with van der Waals surface area (Å²) in [7, 11) is 0. The number of aliphatic hydroxyl groups excluding tert-OH is 1. The van der Waals surface area contributed by atoms with E-state index in [9.17, 15) is 33.9 Å². The Labute approximate surface area is 190 Å². The van der Waals surface area contributed by atoms with Crippen LogP contribution in [-0.4, -0.2) is 81.2 Å². The highest BCUT2D eigenvalue weighted by molar-refractivity contribution is 5.95. The van der Waals surface area contributed by atoms with Crippen LogP contribution in [0.2, 0.25) is 0 Å². The van der Waals surface area contributed by atoms with E-state index >= 15 is 0 Å². The van der Waals surface area contributed by atoms with Gasteiger partial charge >= 0.3 is 11.9 Å². The third-order valence-corrected chi connectivity index (χ3v) is 4.88. The Kier molecular flexibility index (Phi) is 12.6. The zero-order valence-corrected chi connectivity index (χ0v) is 18.7.